The van der Waals surface area contributed by atoms with Crippen LogP contribution in [-0.4, -0.2) is 4.98 Å². The largest absolute Gasteiger partial charge is 0.489 e. The number of nitrogens with zero attached hydrogens (tertiary/aromatic N) is 1. The van der Waals surface area contributed by atoms with Crippen LogP contribution in [0.4, 0.5) is 0 Å². The lowest BCUT2D eigenvalue weighted by Gasteiger charge is -2.09. The van der Waals surface area contributed by atoms with Crippen molar-refractivity contribution >= 4 is 0 Å². The number of hydrogen-bond donors (Lipinski definition) is 1. The van der Waals surface area contributed by atoms with Gasteiger partial charge < -0.3 is 10.5 Å². The first kappa shape index (κ1) is 11.6. The molecule has 2 rings (SSSR count). The number of rotatable bonds is 4. The molecule has 17 heavy (non-hydrogen) atoms. The van der Waals surface area contributed by atoms with Gasteiger partial charge in [-0.2, -0.15) is 0 Å². The zero-order chi connectivity index (χ0) is 12.1. The first-order valence-corrected chi connectivity index (χ1v) is 5.62. The monoisotopic (exact) mass is 228 g/mol. The molecule has 2 aromatic rings. The van der Waals surface area contributed by atoms with Gasteiger partial charge in [0.2, 0.25) is 0 Å². The van der Waals surface area contributed by atoms with Gasteiger partial charge in [-0.3, -0.25) is 4.98 Å². The first-order chi connectivity index (χ1) is 8.29. The van der Waals surface area contributed by atoms with Gasteiger partial charge in [0, 0.05) is 12.7 Å². The van der Waals surface area contributed by atoms with Gasteiger partial charge in [-0.25, -0.2) is 0 Å². The van der Waals surface area contributed by atoms with E-state index in [-0.39, 0.29) is 0 Å². The summed E-state index contributed by atoms with van der Waals surface area (Å²) in [7, 11) is 0. The average Bonchev–Trinajstić information content (AvgIpc) is 2.38. The summed E-state index contributed by atoms with van der Waals surface area (Å²) >= 11 is 0. The highest BCUT2D eigenvalue weighted by Gasteiger charge is 2.00. The predicted octanol–water partition coefficient (Wildman–Crippen LogP) is 2.43. The second-order valence-electron chi connectivity index (χ2n) is 3.91. The van der Waals surface area contributed by atoms with E-state index in [0.717, 1.165) is 22.6 Å². The standard InChI is InChI=1S/C14H16N2O/c1-11-4-2-3-5-14(11)17-10-12-6-7-16-13(8-12)9-15/h2-8H,9-10,15H2,1H3. The molecule has 0 fully saturated rings. The third-order valence-electron chi connectivity index (χ3n) is 2.58. The van der Waals surface area contributed by atoms with Gasteiger partial charge in [0.15, 0.2) is 0 Å². The van der Waals surface area contributed by atoms with E-state index < -0.39 is 0 Å². The van der Waals surface area contributed by atoms with Crippen LogP contribution in [0.15, 0.2) is 42.6 Å². The number of hydrogen-bond acceptors (Lipinski definition) is 3. The molecule has 0 saturated heterocycles. The number of aryl methyl sites for hydroxylation is 1. The van der Waals surface area contributed by atoms with Crippen molar-refractivity contribution in [2.75, 3.05) is 0 Å². The number of ether oxygens (including phenoxy) is 1. The molecule has 88 valence electrons. The molecule has 0 bridgehead atoms. The number of nitrogens with two attached hydrogens (primary N) is 1. The molecule has 0 radical (unpaired) electrons. The summed E-state index contributed by atoms with van der Waals surface area (Å²) in [5.41, 5.74) is 8.66. The van der Waals surface area contributed by atoms with E-state index in [1.807, 2.05) is 43.3 Å². The Balaban J connectivity index is 2.05. The van der Waals surface area contributed by atoms with Crippen LogP contribution < -0.4 is 10.5 Å². The molecular weight excluding hydrogens is 212 g/mol. The van der Waals surface area contributed by atoms with Gasteiger partial charge in [0.1, 0.15) is 12.4 Å². The number of aromatic nitrogens is 1. The molecule has 3 nitrogen and oxygen atoms in total. The Kier molecular flexibility index (Phi) is 3.73. The van der Waals surface area contributed by atoms with Crippen LogP contribution >= 0.6 is 0 Å². The highest BCUT2D eigenvalue weighted by Crippen LogP contribution is 2.17. The zero-order valence-electron chi connectivity index (χ0n) is 9.89. The Morgan fingerprint density at radius 3 is 2.82 bits per heavy atom. The topological polar surface area (TPSA) is 48.1 Å². The smallest absolute Gasteiger partial charge is 0.122 e. The Hall–Kier alpha value is -1.87. The summed E-state index contributed by atoms with van der Waals surface area (Å²) in [6, 6.07) is 11.9. The van der Waals surface area contributed by atoms with Crippen molar-refractivity contribution in [1.29, 1.82) is 0 Å². The molecule has 1 aromatic heterocycles. The highest BCUT2D eigenvalue weighted by molar-refractivity contribution is 5.32. The minimum Gasteiger partial charge on any atom is -0.489 e. The Morgan fingerprint density at radius 2 is 2.06 bits per heavy atom. The molecule has 2 N–H and O–H groups in total. The molecule has 0 atom stereocenters. The number of pyridine rings is 1. The summed E-state index contributed by atoms with van der Waals surface area (Å²) in [5.74, 6) is 0.915. The van der Waals surface area contributed by atoms with Gasteiger partial charge in [-0.05, 0) is 36.2 Å². The molecule has 0 aliphatic carbocycles. The van der Waals surface area contributed by atoms with Crippen LogP contribution in [0, 0.1) is 6.92 Å². The fraction of sp³-hybridized carbons (Fsp3) is 0.214. The van der Waals surface area contributed by atoms with Gasteiger partial charge in [-0.1, -0.05) is 18.2 Å². The van der Waals surface area contributed by atoms with Crippen molar-refractivity contribution in [3.63, 3.8) is 0 Å². The summed E-state index contributed by atoms with van der Waals surface area (Å²) in [4.78, 5) is 4.15. The molecule has 0 spiro atoms. The van der Waals surface area contributed by atoms with E-state index in [4.69, 9.17) is 10.5 Å². The van der Waals surface area contributed by atoms with Crippen LogP contribution in [0.3, 0.4) is 0 Å². The number of para-hydroxylation sites is 1. The van der Waals surface area contributed by atoms with E-state index in [9.17, 15) is 0 Å². The lowest BCUT2D eigenvalue weighted by Crippen LogP contribution is -2.02. The molecule has 1 heterocycles. The quantitative estimate of drug-likeness (QED) is 0.874. The van der Waals surface area contributed by atoms with Crippen LogP contribution in [0.25, 0.3) is 0 Å². The number of benzene rings is 1. The summed E-state index contributed by atoms with van der Waals surface area (Å²) in [6.07, 6.45) is 1.76. The van der Waals surface area contributed by atoms with Gasteiger partial charge >= 0.3 is 0 Å². The third-order valence-corrected chi connectivity index (χ3v) is 2.58. The maximum absolute atomic E-state index is 5.75. The van der Waals surface area contributed by atoms with E-state index >= 15 is 0 Å². The molecular formula is C14H16N2O. The molecule has 0 aliphatic rings. The van der Waals surface area contributed by atoms with Gasteiger partial charge in [0.05, 0.1) is 5.69 Å². The Labute approximate surface area is 101 Å². The van der Waals surface area contributed by atoms with Crippen LogP contribution in [0.5, 0.6) is 5.75 Å². The summed E-state index contributed by atoms with van der Waals surface area (Å²) < 4.78 is 5.75. The molecule has 3 heteroatoms. The average molecular weight is 228 g/mol. The van der Waals surface area contributed by atoms with Crippen molar-refractivity contribution in [3.8, 4) is 5.75 Å². The van der Waals surface area contributed by atoms with Gasteiger partial charge in [-0.15, -0.1) is 0 Å². The van der Waals surface area contributed by atoms with E-state index in [1.54, 1.807) is 6.20 Å². The summed E-state index contributed by atoms with van der Waals surface area (Å²) in [6.45, 7) is 3.03. The first-order valence-electron chi connectivity index (χ1n) is 5.62. The van der Waals surface area contributed by atoms with Crippen molar-refractivity contribution in [3.05, 3.63) is 59.4 Å². The van der Waals surface area contributed by atoms with E-state index in [2.05, 4.69) is 4.98 Å². The van der Waals surface area contributed by atoms with E-state index in [1.165, 1.54) is 0 Å². The minimum absolute atomic E-state index is 0.457. The fourth-order valence-electron chi connectivity index (χ4n) is 1.61. The summed E-state index contributed by atoms with van der Waals surface area (Å²) in [5, 5.41) is 0. The zero-order valence-corrected chi connectivity index (χ0v) is 9.89. The molecule has 0 aliphatic heterocycles. The van der Waals surface area contributed by atoms with Gasteiger partial charge in [0.25, 0.3) is 0 Å². The Bertz CT molecular complexity index is 497. The molecule has 0 unspecified atom stereocenters. The lowest BCUT2D eigenvalue weighted by atomic mass is 10.2. The maximum Gasteiger partial charge on any atom is 0.122 e. The van der Waals surface area contributed by atoms with E-state index in [0.29, 0.717) is 13.2 Å². The van der Waals surface area contributed by atoms with Crippen molar-refractivity contribution < 1.29 is 4.74 Å². The minimum atomic E-state index is 0.457. The lowest BCUT2D eigenvalue weighted by molar-refractivity contribution is 0.304. The normalized spacial score (nSPS) is 10.2. The maximum atomic E-state index is 5.75. The van der Waals surface area contributed by atoms with Crippen molar-refractivity contribution in [2.45, 2.75) is 20.1 Å². The second kappa shape index (κ2) is 5.46. The van der Waals surface area contributed by atoms with Crippen LogP contribution in [-0.2, 0) is 13.2 Å². The van der Waals surface area contributed by atoms with Crippen LogP contribution in [0.1, 0.15) is 16.8 Å². The molecule has 0 saturated carbocycles. The van der Waals surface area contributed by atoms with Crippen molar-refractivity contribution in [2.24, 2.45) is 5.73 Å². The van der Waals surface area contributed by atoms with Crippen LogP contribution in [0.2, 0.25) is 0 Å². The highest BCUT2D eigenvalue weighted by atomic mass is 16.5. The third kappa shape index (κ3) is 3.04. The predicted molar refractivity (Wildman–Crippen MR) is 67.6 cm³/mol. The second-order valence-corrected chi connectivity index (χ2v) is 3.91. The fourth-order valence-corrected chi connectivity index (χ4v) is 1.61. The molecule has 0 amide bonds. The SMILES string of the molecule is Cc1ccccc1OCc1ccnc(CN)c1. The molecule has 1 aromatic carbocycles. The van der Waals surface area contributed by atoms with Crippen molar-refractivity contribution in [1.82, 2.24) is 4.98 Å². The Morgan fingerprint density at radius 1 is 1.24 bits per heavy atom.